The van der Waals surface area contributed by atoms with E-state index < -0.39 is 29.3 Å². The zero-order valence-corrected chi connectivity index (χ0v) is 9.90. The average Bonchev–Trinajstić information content (AvgIpc) is 2.26. The summed E-state index contributed by atoms with van der Waals surface area (Å²) in [5.74, 6) is -0.828. The molecule has 19 heavy (non-hydrogen) atoms. The van der Waals surface area contributed by atoms with Gasteiger partial charge in [0, 0.05) is 0 Å². The highest BCUT2D eigenvalue weighted by molar-refractivity contribution is 5.93. The van der Waals surface area contributed by atoms with Crippen molar-refractivity contribution in [1.29, 1.82) is 0 Å². The maximum absolute atomic E-state index is 12.8. The van der Waals surface area contributed by atoms with Crippen molar-refractivity contribution in [1.82, 2.24) is 0 Å². The smallest absolute Gasteiger partial charge is 0.418 e. The van der Waals surface area contributed by atoms with Crippen molar-refractivity contribution in [2.45, 2.75) is 6.18 Å². The lowest BCUT2D eigenvalue weighted by Gasteiger charge is -2.11. The molecule has 104 valence electrons. The number of guanidine groups is 2. The largest absolute Gasteiger partial charge is 0.497 e. The van der Waals surface area contributed by atoms with Crippen molar-refractivity contribution in [3.8, 4) is 5.75 Å². The van der Waals surface area contributed by atoms with E-state index in [-0.39, 0.29) is 5.75 Å². The molecule has 0 spiro atoms. The van der Waals surface area contributed by atoms with Gasteiger partial charge < -0.3 is 21.9 Å². The number of methoxy groups -OCH3 is 1. The van der Waals surface area contributed by atoms with Crippen LogP contribution in [0.5, 0.6) is 5.75 Å². The van der Waals surface area contributed by atoms with E-state index in [0.29, 0.717) is 0 Å². The third-order valence-electron chi connectivity index (χ3n) is 1.99. The molecule has 0 heterocycles. The summed E-state index contributed by atoms with van der Waals surface area (Å²) < 4.78 is 43.2. The van der Waals surface area contributed by atoms with Gasteiger partial charge in [0.1, 0.15) is 5.75 Å². The van der Waals surface area contributed by atoms with Gasteiger partial charge >= 0.3 is 6.18 Å². The minimum absolute atomic E-state index is 0.0479. The number of hydrogen-bond donors (Lipinski definition) is 3. The van der Waals surface area contributed by atoms with Crippen LogP contribution in [0.2, 0.25) is 0 Å². The lowest BCUT2D eigenvalue weighted by atomic mass is 10.1. The van der Waals surface area contributed by atoms with E-state index in [1.54, 1.807) is 0 Å². The van der Waals surface area contributed by atoms with E-state index in [4.69, 9.17) is 21.9 Å². The summed E-state index contributed by atoms with van der Waals surface area (Å²) in [6.45, 7) is 0. The second kappa shape index (κ2) is 5.46. The molecule has 0 fully saturated rings. The molecule has 1 aromatic carbocycles. The summed E-state index contributed by atoms with van der Waals surface area (Å²) in [4.78, 5) is 6.85. The summed E-state index contributed by atoms with van der Waals surface area (Å²) >= 11 is 0. The van der Waals surface area contributed by atoms with E-state index in [9.17, 15) is 13.2 Å². The molecular formula is C10H12F3N5O. The number of nitrogens with two attached hydrogens (primary N) is 3. The molecule has 0 aliphatic heterocycles. The first kappa shape index (κ1) is 14.6. The van der Waals surface area contributed by atoms with Crippen molar-refractivity contribution in [2.24, 2.45) is 27.2 Å². The molecule has 0 aliphatic rings. The second-order valence-corrected chi connectivity index (χ2v) is 3.39. The van der Waals surface area contributed by atoms with Gasteiger partial charge in [-0.2, -0.15) is 18.2 Å². The zero-order valence-electron chi connectivity index (χ0n) is 9.90. The number of nitrogens with zero attached hydrogens (tertiary/aromatic N) is 2. The molecule has 9 heteroatoms. The molecule has 0 radical (unpaired) electrons. The number of aliphatic imine (C=N–C) groups is 2. The van der Waals surface area contributed by atoms with Gasteiger partial charge in [0.25, 0.3) is 0 Å². The molecule has 0 saturated heterocycles. The Hall–Kier alpha value is -2.45. The molecule has 0 saturated carbocycles. The number of alkyl halides is 3. The van der Waals surface area contributed by atoms with Crippen molar-refractivity contribution in [2.75, 3.05) is 7.11 Å². The SMILES string of the molecule is COc1ccc(N=C(N)N=C(N)N)c(C(F)(F)F)c1. The highest BCUT2D eigenvalue weighted by atomic mass is 19.4. The Kier molecular flexibility index (Phi) is 4.20. The number of benzene rings is 1. The van der Waals surface area contributed by atoms with Crippen LogP contribution >= 0.6 is 0 Å². The van der Waals surface area contributed by atoms with Gasteiger partial charge in [-0.15, -0.1) is 0 Å². The van der Waals surface area contributed by atoms with Crippen LogP contribution in [-0.2, 0) is 6.18 Å². The number of hydrogen-bond acceptors (Lipinski definition) is 2. The van der Waals surface area contributed by atoms with Gasteiger partial charge in [0.05, 0.1) is 18.4 Å². The van der Waals surface area contributed by atoms with Gasteiger partial charge in [-0.3, -0.25) is 0 Å². The minimum atomic E-state index is -4.61. The molecule has 6 N–H and O–H groups in total. The summed E-state index contributed by atoms with van der Waals surface area (Å²) in [7, 11) is 1.26. The monoisotopic (exact) mass is 275 g/mol. The first-order chi connectivity index (χ1) is 8.74. The minimum Gasteiger partial charge on any atom is -0.497 e. The molecule has 1 aromatic rings. The Morgan fingerprint density at radius 1 is 1.21 bits per heavy atom. The Labute approximate surface area is 106 Å². The van der Waals surface area contributed by atoms with E-state index in [0.717, 1.165) is 12.1 Å². The molecular weight excluding hydrogens is 263 g/mol. The van der Waals surface area contributed by atoms with E-state index in [1.807, 2.05) is 0 Å². The third kappa shape index (κ3) is 4.05. The fourth-order valence-electron chi connectivity index (χ4n) is 1.25. The van der Waals surface area contributed by atoms with Crippen LogP contribution in [0.15, 0.2) is 28.2 Å². The number of rotatable bonds is 2. The average molecular weight is 275 g/mol. The van der Waals surface area contributed by atoms with Crippen LogP contribution in [0.25, 0.3) is 0 Å². The fourth-order valence-corrected chi connectivity index (χ4v) is 1.25. The van der Waals surface area contributed by atoms with Crippen molar-refractivity contribution < 1.29 is 17.9 Å². The van der Waals surface area contributed by atoms with E-state index in [1.165, 1.54) is 13.2 Å². The lowest BCUT2D eigenvalue weighted by Crippen LogP contribution is -2.26. The molecule has 0 atom stereocenters. The quantitative estimate of drug-likeness (QED) is 0.550. The van der Waals surface area contributed by atoms with Crippen LogP contribution in [0.4, 0.5) is 18.9 Å². The molecule has 6 nitrogen and oxygen atoms in total. The first-order valence-electron chi connectivity index (χ1n) is 4.93. The third-order valence-corrected chi connectivity index (χ3v) is 1.99. The van der Waals surface area contributed by atoms with Gasteiger partial charge in [-0.1, -0.05) is 0 Å². The molecule has 0 amide bonds. The molecule has 0 aromatic heterocycles. The highest BCUT2D eigenvalue weighted by Gasteiger charge is 2.34. The summed E-state index contributed by atoms with van der Waals surface area (Å²) in [5.41, 5.74) is 14.0. The summed E-state index contributed by atoms with van der Waals surface area (Å²) in [5, 5.41) is 0. The van der Waals surface area contributed by atoms with E-state index in [2.05, 4.69) is 9.98 Å². The van der Waals surface area contributed by atoms with Crippen LogP contribution in [0.1, 0.15) is 5.56 Å². The molecule has 0 bridgehead atoms. The maximum Gasteiger partial charge on any atom is 0.418 e. The summed E-state index contributed by atoms with van der Waals surface area (Å²) in [6.07, 6.45) is -4.61. The maximum atomic E-state index is 12.8. The second-order valence-electron chi connectivity index (χ2n) is 3.39. The topological polar surface area (TPSA) is 112 Å². The molecule has 1 rings (SSSR count). The Balaban J connectivity index is 3.32. The van der Waals surface area contributed by atoms with Crippen LogP contribution in [-0.4, -0.2) is 19.0 Å². The highest BCUT2D eigenvalue weighted by Crippen LogP contribution is 2.38. The standard InChI is InChI=1S/C10H12F3N5O/c1-19-5-2-3-7(6(4-5)10(11,12)13)17-9(16)18-8(14)15/h2-4H,1H3,(H6,14,15,16,17,18). The van der Waals surface area contributed by atoms with Gasteiger partial charge in [0.15, 0.2) is 5.96 Å². The lowest BCUT2D eigenvalue weighted by molar-refractivity contribution is -0.137. The Bertz CT molecular complexity index is 520. The number of halogens is 3. The van der Waals surface area contributed by atoms with Gasteiger partial charge in [-0.05, 0) is 18.2 Å². The molecule has 0 unspecified atom stereocenters. The van der Waals surface area contributed by atoms with Crippen molar-refractivity contribution in [3.05, 3.63) is 23.8 Å². The predicted octanol–water partition coefficient (Wildman–Crippen LogP) is 0.934. The zero-order chi connectivity index (χ0) is 14.6. The normalized spacial score (nSPS) is 12.1. The van der Waals surface area contributed by atoms with Crippen molar-refractivity contribution >= 4 is 17.6 Å². The molecule has 0 aliphatic carbocycles. The summed E-state index contributed by atoms with van der Waals surface area (Å²) in [6, 6.07) is 3.23. The van der Waals surface area contributed by atoms with Gasteiger partial charge in [-0.25, -0.2) is 4.99 Å². The Morgan fingerprint density at radius 3 is 2.32 bits per heavy atom. The van der Waals surface area contributed by atoms with Crippen LogP contribution in [0.3, 0.4) is 0 Å². The predicted molar refractivity (Wildman–Crippen MR) is 65.1 cm³/mol. The van der Waals surface area contributed by atoms with Crippen LogP contribution < -0.4 is 21.9 Å². The van der Waals surface area contributed by atoms with Gasteiger partial charge in [0.2, 0.25) is 5.96 Å². The van der Waals surface area contributed by atoms with Crippen LogP contribution in [0, 0.1) is 0 Å². The van der Waals surface area contributed by atoms with E-state index >= 15 is 0 Å². The fraction of sp³-hybridized carbons (Fsp3) is 0.200. The first-order valence-corrected chi connectivity index (χ1v) is 4.93. The number of ether oxygens (including phenoxy) is 1. The Morgan fingerprint density at radius 2 is 1.84 bits per heavy atom. The van der Waals surface area contributed by atoms with Crippen molar-refractivity contribution in [3.63, 3.8) is 0 Å².